The molecule has 6 atom stereocenters. The molecule has 31 nitrogen and oxygen atoms in total. The van der Waals surface area contributed by atoms with Crippen LogP contribution in [0.5, 0.6) is 11.5 Å². The zero-order valence-corrected chi connectivity index (χ0v) is 82.9. The van der Waals surface area contributed by atoms with Crippen LogP contribution in [0.3, 0.4) is 0 Å². The topological polar surface area (TPSA) is 370 Å². The Labute approximate surface area is 820 Å². The summed E-state index contributed by atoms with van der Waals surface area (Å²) in [6, 6.07) is 26.8. The van der Waals surface area contributed by atoms with Gasteiger partial charge in [0, 0.05) is 136 Å². The maximum atomic E-state index is 11.9. The number of hydrogen-bond donors (Lipinski definition) is 1. The number of imidazole rings is 2. The number of nitrogens with zero attached hydrogens (tertiary/aromatic N) is 7. The van der Waals surface area contributed by atoms with E-state index in [0.29, 0.717) is 95.9 Å². The average Bonchev–Trinajstić information content (AvgIpc) is 1.61. The fourth-order valence-corrected chi connectivity index (χ4v) is 16.6. The summed E-state index contributed by atoms with van der Waals surface area (Å²) in [6.45, 7) is 17.9. The number of aromatic nitrogens is 4. The highest BCUT2D eigenvalue weighted by atomic mass is 35.5. The van der Waals surface area contributed by atoms with Gasteiger partial charge < -0.3 is 95.7 Å². The molecule has 6 aromatic rings. The molecule has 0 bridgehead atoms. The number of esters is 4. The van der Waals surface area contributed by atoms with Gasteiger partial charge in [0.25, 0.3) is 0 Å². The van der Waals surface area contributed by atoms with Crippen LogP contribution >= 0.6 is 46.4 Å². The maximum absolute atomic E-state index is 11.9. The van der Waals surface area contributed by atoms with Crippen molar-refractivity contribution in [1.29, 1.82) is 0 Å². The van der Waals surface area contributed by atoms with E-state index in [1.807, 2.05) is 79.9 Å². The van der Waals surface area contributed by atoms with E-state index in [4.69, 9.17) is 108 Å². The van der Waals surface area contributed by atoms with Gasteiger partial charge in [-0.05, 0) is 117 Å². The fraction of sp³-hybridized carbons (Fsp3) is 0.604. The lowest BCUT2D eigenvalue weighted by Crippen LogP contribution is -2.48. The van der Waals surface area contributed by atoms with Crippen LogP contribution in [0.4, 0.5) is 5.69 Å². The Bertz CT molecular complexity index is 4240. The molecule has 4 aromatic carbocycles. The van der Waals surface area contributed by atoms with Crippen molar-refractivity contribution in [1.82, 2.24) is 28.9 Å². The molecule has 752 valence electrons. The second-order valence-corrected chi connectivity index (χ2v) is 36.1. The summed E-state index contributed by atoms with van der Waals surface area (Å²) < 4.78 is 72.8. The normalized spacial score (nSPS) is 17.4. The number of ether oxygens (including phenoxy) is 12. The van der Waals surface area contributed by atoms with E-state index in [-0.39, 0.29) is 113 Å². The Hall–Kier alpha value is -9.28. The van der Waals surface area contributed by atoms with Gasteiger partial charge in [0.1, 0.15) is 63.3 Å². The van der Waals surface area contributed by atoms with Crippen LogP contribution in [0.25, 0.3) is 0 Å². The van der Waals surface area contributed by atoms with Crippen LogP contribution in [-0.2, 0) is 120 Å². The average molecular weight is 1980 g/mol. The predicted octanol–water partition coefficient (Wildman–Crippen LogP) is 17.4. The Morgan fingerprint density at radius 2 is 0.860 bits per heavy atom. The van der Waals surface area contributed by atoms with Gasteiger partial charge in [-0.1, -0.05) is 201 Å². The van der Waals surface area contributed by atoms with Gasteiger partial charge >= 0.3 is 29.8 Å². The molecule has 0 radical (unpaired) electrons. The quantitative estimate of drug-likeness (QED) is 0.0210. The summed E-state index contributed by atoms with van der Waals surface area (Å²) in [4.78, 5) is 130. The van der Waals surface area contributed by atoms with E-state index in [9.17, 15) is 53.1 Å². The number of likely N-dealkylation sites (tertiary alicyclic amines) is 1. The maximum Gasteiger partial charge on any atom is 0.306 e. The predicted molar refractivity (Wildman–Crippen MR) is 513 cm³/mol. The summed E-state index contributed by atoms with van der Waals surface area (Å²) in [5, 5.41) is 21.3. The van der Waals surface area contributed by atoms with Crippen LogP contribution in [0, 0.1) is 0 Å². The number of rotatable bonds is 58. The van der Waals surface area contributed by atoms with Crippen molar-refractivity contribution in [3.63, 3.8) is 0 Å². The number of ketones is 2. The number of halogens is 4. The highest BCUT2D eigenvalue weighted by molar-refractivity contribution is 6.35. The van der Waals surface area contributed by atoms with Crippen molar-refractivity contribution in [2.75, 3.05) is 110 Å². The van der Waals surface area contributed by atoms with Gasteiger partial charge in [-0.25, -0.2) is 9.97 Å². The van der Waals surface area contributed by atoms with Crippen LogP contribution in [0.15, 0.2) is 122 Å². The number of carbonyl (C=O) groups excluding carboxylic acids is 9. The monoisotopic (exact) mass is 1970 g/mol. The second kappa shape index (κ2) is 64.1. The number of carboxylic acids is 2. The second-order valence-electron chi connectivity index (χ2n) is 34.4. The first-order valence-corrected chi connectivity index (χ1v) is 49.6. The number of benzene rings is 4. The molecule has 6 heterocycles. The SMILES string of the molecule is CC(=O)N1CCC(c2ccc(OCC3COC(Cn4ccnc4)(c4ccc(Cl)cc4Cl)O3)cc2)CC1.CC(=O)N1CCN(c2ccc(OCC3COC(Cn4ccnc4)(c4ccc(Cl)cc4Cl)O3)cc2)CC1.CCCCCCCC(=O)COCC(COC(=O)CCCCCCC)OC(=O)CCC(=O)O.CCCCCCCC(=O)COCC(COC(=O)CCCCCCC)OC(=O)CCC(=O)[O-]. The lowest BCUT2D eigenvalue weighted by Gasteiger charge is -2.35. The van der Waals surface area contributed by atoms with Gasteiger partial charge in [0.15, 0.2) is 23.8 Å². The first kappa shape index (κ1) is 114. The zero-order chi connectivity index (χ0) is 98.3. The standard InChI is InChI=1S/C27H29Cl2N3O4.C26H28Cl2N4O4.2C24H42O8/c1-19(33)32-11-8-21(9-12-32)20-2-5-23(6-3-20)34-15-24-16-35-27(36-24,17-31-13-10-30-18-31)25-7-4-22(28)14-26(25)29;1-19(33)31-10-12-32(13-11-31)21-3-5-22(6-4-21)34-15-23-16-35-26(36-23,17-30-9-8-29-18-30)24-7-2-20(27)14-25(24)28;2*1-3-5-7-9-11-13-20(25)17-30-18-21(32-24(29)16-15-22(26)27)19-31-23(28)14-12-10-8-6-4-2/h2-7,10,13-14,18,21,24H,8-9,11-12,15-17H2,1H3;2-9,14,18,23H,10-13,15-17H2,1H3;2*21H,3-19H2,1-2H3,(H,26,27)/p-1. The number of carboxylic acid groups (broad SMARTS) is 2. The van der Waals surface area contributed by atoms with Crippen LogP contribution in [-0.4, -0.2) is 223 Å². The Morgan fingerprint density at radius 1 is 0.463 bits per heavy atom. The van der Waals surface area contributed by atoms with Gasteiger partial charge in [0.05, 0.1) is 81.5 Å². The smallest absolute Gasteiger partial charge is 0.306 e. The van der Waals surface area contributed by atoms with Gasteiger partial charge in [-0.2, -0.15) is 0 Å². The third kappa shape index (κ3) is 43.8. The van der Waals surface area contributed by atoms with Crippen LogP contribution < -0.4 is 19.5 Å². The van der Waals surface area contributed by atoms with E-state index in [1.54, 1.807) is 63.2 Å². The molecule has 1 N–H and O–H groups in total. The van der Waals surface area contributed by atoms with E-state index in [0.717, 1.165) is 198 Å². The molecule has 4 saturated heterocycles. The Morgan fingerprint density at radius 3 is 1.24 bits per heavy atom. The van der Waals surface area contributed by atoms with Gasteiger partial charge in [-0.15, -0.1) is 0 Å². The number of carbonyl (C=O) groups is 10. The summed E-state index contributed by atoms with van der Waals surface area (Å²) >= 11 is 25.3. The van der Waals surface area contributed by atoms with E-state index in [2.05, 4.69) is 54.7 Å². The third-order valence-corrected chi connectivity index (χ3v) is 24.2. The lowest BCUT2D eigenvalue weighted by molar-refractivity contribution is -0.305. The molecular weight excluding hydrogens is 1840 g/mol. The van der Waals surface area contributed by atoms with Gasteiger partial charge in [0.2, 0.25) is 23.4 Å². The lowest BCUT2D eigenvalue weighted by atomic mass is 9.89. The number of piperidine rings is 1. The number of anilines is 1. The fourth-order valence-electron chi connectivity index (χ4n) is 15.5. The molecule has 136 heavy (non-hydrogen) atoms. The minimum Gasteiger partial charge on any atom is -0.550 e. The first-order valence-electron chi connectivity index (χ1n) is 48.1. The number of amides is 2. The highest BCUT2D eigenvalue weighted by Gasteiger charge is 2.47. The summed E-state index contributed by atoms with van der Waals surface area (Å²) in [6.07, 6.45) is 30.8. The number of piperazine rings is 1. The molecule has 6 unspecified atom stereocenters. The number of hydrogen-bond acceptors (Lipinski definition) is 26. The number of Topliss-reactive ketones (excluding diaryl/α,β-unsaturated/α-hetero) is 2. The highest BCUT2D eigenvalue weighted by Crippen LogP contribution is 2.43. The minimum absolute atomic E-state index is 0.0264. The van der Waals surface area contributed by atoms with Crippen molar-refractivity contribution < 1.29 is 115 Å². The molecular formula is C101H140Cl4N7O24-. The molecule has 2 aromatic heterocycles. The van der Waals surface area contributed by atoms with Crippen molar-refractivity contribution >= 4 is 111 Å². The Balaban J connectivity index is 0.000000248. The Kier molecular flexibility index (Phi) is 53.6. The van der Waals surface area contributed by atoms with Crippen molar-refractivity contribution in [3.05, 3.63) is 159 Å². The molecule has 4 aliphatic rings. The number of unbranched alkanes of at least 4 members (excludes halogenated alkanes) is 16. The molecule has 10 rings (SSSR count). The third-order valence-electron chi connectivity index (χ3n) is 23.1. The minimum atomic E-state index is -1.35. The molecule has 0 aliphatic carbocycles. The van der Waals surface area contributed by atoms with Gasteiger partial charge in [-0.3, -0.25) is 43.2 Å². The molecule has 0 saturated carbocycles. The van der Waals surface area contributed by atoms with E-state index < -0.39 is 54.1 Å². The van der Waals surface area contributed by atoms with Crippen molar-refractivity contribution in [2.45, 2.75) is 289 Å². The summed E-state index contributed by atoms with van der Waals surface area (Å²) in [5.41, 5.74) is 3.81. The number of aliphatic carboxylic acids is 2. The van der Waals surface area contributed by atoms with Crippen molar-refractivity contribution in [3.8, 4) is 11.5 Å². The molecule has 35 heteroatoms. The summed E-state index contributed by atoms with van der Waals surface area (Å²) in [7, 11) is 0. The summed E-state index contributed by atoms with van der Waals surface area (Å²) in [5.74, 6) is -4.62. The first-order chi connectivity index (χ1) is 65.6. The largest absolute Gasteiger partial charge is 0.550 e. The van der Waals surface area contributed by atoms with Crippen LogP contribution in [0.1, 0.15) is 257 Å². The zero-order valence-electron chi connectivity index (χ0n) is 79.9. The van der Waals surface area contributed by atoms with Crippen molar-refractivity contribution in [2.24, 2.45) is 0 Å². The van der Waals surface area contributed by atoms with E-state index >= 15 is 0 Å². The molecule has 2 amide bonds. The van der Waals surface area contributed by atoms with E-state index in [1.165, 1.54) is 5.56 Å². The molecule has 4 fully saturated rings. The molecule has 4 aliphatic heterocycles. The molecule has 0 spiro atoms. The van der Waals surface area contributed by atoms with Crippen LogP contribution in [0.2, 0.25) is 20.1 Å².